The van der Waals surface area contributed by atoms with Crippen LogP contribution in [0.4, 0.5) is 5.69 Å². The number of nitrogens with one attached hydrogen (secondary N) is 1. The molecule has 1 atom stereocenters. The topological polar surface area (TPSA) is 15.3 Å². The summed E-state index contributed by atoms with van der Waals surface area (Å²) in [5, 5.41) is 3.59. The Morgan fingerprint density at radius 1 is 0.952 bits per heavy atom. The van der Waals surface area contributed by atoms with E-state index in [9.17, 15) is 0 Å². The molecule has 0 fully saturated rings. The molecule has 2 nitrogen and oxygen atoms in total. The van der Waals surface area contributed by atoms with Crippen molar-refractivity contribution in [3.63, 3.8) is 0 Å². The average molecular weight is 282 g/mol. The minimum atomic E-state index is 0.352. The number of nitrogens with zero attached hydrogens (tertiary/aromatic N) is 1. The van der Waals surface area contributed by atoms with E-state index in [1.807, 2.05) is 0 Å². The van der Waals surface area contributed by atoms with Crippen molar-refractivity contribution in [1.29, 1.82) is 0 Å². The lowest BCUT2D eigenvalue weighted by Gasteiger charge is -2.31. The SMILES string of the molecule is CCCCNCC(c1ccccc1)N(C)c1ccccc1. The smallest absolute Gasteiger partial charge is 0.0663 e. The second-order valence-electron chi connectivity index (χ2n) is 5.43. The molecule has 0 amide bonds. The number of anilines is 1. The van der Waals surface area contributed by atoms with Crippen LogP contribution in [0.1, 0.15) is 31.4 Å². The van der Waals surface area contributed by atoms with Gasteiger partial charge in [-0.25, -0.2) is 0 Å². The Labute approximate surface area is 128 Å². The van der Waals surface area contributed by atoms with Gasteiger partial charge in [0.15, 0.2) is 0 Å². The maximum atomic E-state index is 3.59. The van der Waals surface area contributed by atoms with E-state index in [0.29, 0.717) is 6.04 Å². The summed E-state index contributed by atoms with van der Waals surface area (Å²) in [7, 11) is 2.18. The zero-order chi connectivity index (χ0) is 14.9. The van der Waals surface area contributed by atoms with Gasteiger partial charge in [0.1, 0.15) is 0 Å². The molecule has 1 N–H and O–H groups in total. The van der Waals surface area contributed by atoms with Crippen LogP contribution in [-0.2, 0) is 0 Å². The number of benzene rings is 2. The van der Waals surface area contributed by atoms with Crippen molar-refractivity contribution >= 4 is 5.69 Å². The Morgan fingerprint density at radius 2 is 1.57 bits per heavy atom. The van der Waals surface area contributed by atoms with Crippen LogP contribution in [-0.4, -0.2) is 20.1 Å². The molecule has 0 aliphatic carbocycles. The van der Waals surface area contributed by atoms with Crippen LogP contribution in [0.15, 0.2) is 60.7 Å². The Bertz CT molecular complexity index is 495. The van der Waals surface area contributed by atoms with E-state index in [2.05, 4.69) is 84.9 Å². The van der Waals surface area contributed by atoms with Crippen LogP contribution >= 0.6 is 0 Å². The molecule has 21 heavy (non-hydrogen) atoms. The van der Waals surface area contributed by atoms with E-state index in [1.54, 1.807) is 0 Å². The second kappa shape index (κ2) is 8.48. The molecule has 2 rings (SSSR count). The number of para-hydroxylation sites is 1. The third-order valence-corrected chi connectivity index (χ3v) is 3.86. The Morgan fingerprint density at radius 3 is 2.19 bits per heavy atom. The highest BCUT2D eigenvalue weighted by Gasteiger charge is 2.16. The molecule has 112 valence electrons. The van der Waals surface area contributed by atoms with Crippen LogP contribution in [0.3, 0.4) is 0 Å². The number of hydrogen-bond acceptors (Lipinski definition) is 2. The predicted molar refractivity (Wildman–Crippen MR) is 91.8 cm³/mol. The van der Waals surface area contributed by atoms with Gasteiger partial charge in [-0.1, -0.05) is 61.9 Å². The van der Waals surface area contributed by atoms with Gasteiger partial charge < -0.3 is 10.2 Å². The van der Waals surface area contributed by atoms with Gasteiger partial charge in [-0.05, 0) is 30.7 Å². The molecule has 0 aromatic heterocycles. The molecule has 1 unspecified atom stereocenters. The fourth-order valence-corrected chi connectivity index (χ4v) is 2.54. The highest BCUT2D eigenvalue weighted by atomic mass is 15.2. The predicted octanol–water partition coefficient (Wildman–Crippen LogP) is 4.25. The van der Waals surface area contributed by atoms with Crippen molar-refractivity contribution in [2.45, 2.75) is 25.8 Å². The molecule has 0 saturated heterocycles. The first kappa shape index (κ1) is 15.6. The minimum Gasteiger partial charge on any atom is -0.366 e. The largest absolute Gasteiger partial charge is 0.366 e. The monoisotopic (exact) mass is 282 g/mol. The molecular weight excluding hydrogens is 256 g/mol. The van der Waals surface area contributed by atoms with E-state index >= 15 is 0 Å². The zero-order valence-electron chi connectivity index (χ0n) is 13.1. The summed E-state index contributed by atoms with van der Waals surface area (Å²) in [6, 6.07) is 21.7. The maximum absolute atomic E-state index is 3.59. The number of unbranched alkanes of at least 4 members (excludes halogenated alkanes) is 1. The summed E-state index contributed by atoms with van der Waals surface area (Å²) < 4.78 is 0. The van der Waals surface area contributed by atoms with Gasteiger partial charge in [0.05, 0.1) is 6.04 Å². The molecule has 2 heteroatoms. The second-order valence-corrected chi connectivity index (χ2v) is 5.43. The number of hydrogen-bond donors (Lipinski definition) is 1. The highest BCUT2D eigenvalue weighted by molar-refractivity contribution is 5.48. The molecule has 0 heterocycles. The van der Waals surface area contributed by atoms with Gasteiger partial charge in [-0.2, -0.15) is 0 Å². The number of likely N-dealkylation sites (N-methyl/N-ethyl adjacent to an activating group) is 1. The lowest BCUT2D eigenvalue weighted by Crippen LogP contribution is -2.33. The van der Waals surface area contributed by atoms with E-state index in [0.717, 1.165) is 13.1 Å². The van der Waals surface area contributed by atoms with Crippen molar-refractivity contribution in [1.82, 2.24) is 5.32 Å². The summed E-state index contributed by atoms with van der Waals surface area (Å²) >= 11 is 0. The average Bonchev–Trinajstić information content (AvgIpc) is 2.56. The standard InChI is InChI=1S/C19H26N2/c1-3-4-15-20-16-19(17-11-7-5-8-12-17)21(2)18-13-9-6-10-14-18/h5-14,19-20H,3-4,15-16H2,1-2H3. The summed E-state index contributed by atoms with van der Waals surface area (Å²) in [6.45, 7) is 4.28. The summed E-state index contributed by atoms with van der Waals surface area (Å²) in [6.07, 6.45) is 2.47. The van der Waals surface area contributed by atoms with Gasteiger partial charge in [0.25, 0.3) is 0 Å². The number of rotatable bonds is 8. The van der Waals surface area contributed by atoms with Crippen LogP contribution in [0.25, 0.3) is 0 Å². The van der Waals surface area contributed by atoms with E-state index in [-0.39, 0.29) is 0 Å². The molecule has 0 bridgehead atoms. The van der Waals surface area contributed by atoms with Gasteiger partial charge >= 0.3 is 0 Å². The molecular formula is C19H26N2. The van der Waals surface area contributed by atoms with E-state index in [1.165, 1.54) is 24.1 Å². The molecule has 0 aliphatic rings. The lowest BCUT2D eigenvalue weighted by molar-refractivity contribution is 0.560. The van der Waals surface area contributed by atoms with Crippen LogP contribution in [0.2, 0.25) is 0 Å². The first-order chi connectivity index (χ1) is 10.3. The quantitative estimate of drug-likeness (QED) is 0.728. The zero-order valence-corrected chi connectivity index (χ0v) is 13.1. The molecule has 0 saturated carbocycles. The molecule has 0 radical (unpaired) electrons. The fraction of sp³-hybridized carbons (Fsp3) is 0.368. The third-order valence-electron chi connectivity index (χ3n) is 3.86. The van der Waals surface area contributed by atoms with E-state index < -0.39 is 0 Å². The molecule has 2 aromatic carbocycles. The van der Waals surface area contributed by atoms with Crippen LogP contribution in [0, 0.1) is 0 Å². The van der Waals surface area contributed by atoms with Crippen molar-refractivity contribution < 1.29 is 0 Å². The minimum absolute atomic E-state index is 0.352. The summed E-state index contributed by atoms with van der Waals surface area (Å²) in [5.41, 5.74) is 2.61. The summed E-state index contributed by atoms with van der Waals surface area (Å²) in [4.78, 5) is 2.36. The molecule has 0 aliphatic heterocycles. The molecule has 2 aromatic rings. The van der Waals surface area contributed by atoms with Gasteiger partial charge in [0.2, 0.25) is 0 Å². The van der Waals surface area contributed by atoms with Gasteiger partial charge in [-0.3, -0.25) is 0 Å². The van der Waals surface area contributed by atoms with Crippen molar-refractivity contribution in [2.24, 2.45) is 0 Å². The van der Waals surface area contributed by atoms with Crippen molar-refractivity contribution in [3.8, 4) is 0 Å². The summed E-state index contributed by atoms with van der Waals surface area (Å²) in [5.74, 6) is 0. The van der Waals surface area contributed by atoms with Crippen molar-refractivity contribution in [2.75, 3.05) is 25.0 Å². The Balaban J connectivity index is 2.11. The van der Waals surface area contributed by atoms with Crippen molar-refractivity contribution in [3.05, 3.63) is 66.2 Å². The van der Waals surface area contributed by atoms with Gasteiger partial charge in [0, 0.05) is 19.3 Å². The van der Waals surface area contributed by atoms with E-state index in [4.69, 9.17) is 0 Å². The Kier molecular flexibility index (Phi) is 6.29. The first-order valence-electron chi connectivity index (χ1n) is 7.86. The van der Waals surface area contributed by atoms with Gasteiger partial charge in [-0.15, -0.1) is 0 Å². The van der Waals surface area contributed by atoms with Crippen LogP contribution in [0.5, 0.6) is 0 Å². The van der Waals surface area contributed by atoms with Crippen LogP contribution < -0.4 is 10.2 Å². The lowest BCUT2D eigenvalue weighted by atomic mass is 10.0. The first-order valence-corrected chi connectivity index (χ1v) is 7.86. The maximum Gasteiger partial charge on any atom is 0.0663 e. The third kappa shape index (κ3) is 4.61. The fourth-order valence-electron chi connectivity index (χ4n) is 2.54. The Hall–Kier alpha value is -1.80. The normalized spacial score (nSPS) is 12.1. The highest BCUT2D eigenvalue weighted by Crippen LogP contribution is 2.24. The molecule has 0 spiro atoms.